The summed E-state index contributed by atoms with van der Waals surface area (Å²) < 4.78 is 5.05. The molecule has 6 nitrogen and oxygen atoms in total. The van der Waals surface area contributed by atoms with Crippen LogP contribution in [0.3, 0.4) is 0 Å². The standard InChI is InChI=1S/C24H15Cl2NO5/c1-12-6-7-13(10-18(12)25)27-19(28)11-32-24(31)17-9-8-16-20(21(17)26)23(30)15-5-3-2-4-14(15)22(16)29/h2-10H,11H2,1H3,(H,27,28). The third kappa shape index (κ3) is 3.90. The number of carbonyl (C=O) groups is 4. The molecule has 0 radical (unpaired) electrons. The van der Waals surface area contributed by atoms with Crippen molar-refractivity contribution in [2.45, 2.75) is 6.92 Å². The molecule has 160 valence electrons. The number of amides is 1. The third-order valence-electron chi connectivity index (χ3n) is 5.04. The van der Waals surface area contributed by atoms with Crippen molar-refractivity contribution in [3.63, 3.8) is 0 Å². The summed E-state index contributed by atoms with van der Waals surface area (Å²) in [7, 11) is 0. The lowest BCUT2D eigenvalue weighted by Gasteiger charge is -2.19. The number of benzene rings is 3. The molecule has 1 aliphatic carbocycles. The normalized spacial score (nSPS) is 12.1. The molecule has 0 aliphatic heterocycles. The van der Waals surface area contributed by atoms with Gasteiger partial charge in [-0.15, -0.1) is 0 Å². The summed E-state index contributed by atoms with van der Waals surface area (Å²) >= 11 is 12.4. The smallest absolute Gasteiger partial charge is 0.340 e. The number of halogens is 2. The van der Waals surface area contributed by atoms with Gasteiger partial charge in [-0.25, -0.2) is 4.79 Å². The molecule has 8 heteroatoms. The molecule has 3 aromatic rings. The van der Waals surface area contributed by atoms with Gasteiger partial charge in [0.2, 0.25) is 0 Å². The number of aryl methyl sites for hydroxylation is 1. The molecule has 4 rings (SSSR count). The van der Waals surface area contributed by atoms with Gasteiger partial charge in [-0.3, -0.25) is 14.4 Å². The van der Waals surface area contributed by atoms with Crippen LogP contribution in [0.4, 0.5) is 5.69 Å². The zero-order valence-electron chi connectivity index (χ0n) is 16.7. The first-order chi connectivity index (χ1) is 15.3. The quantitative estimate of drug-likeness (QED) is 0.432. The monoisotopic (exact) mass is 467 g/mol. The van der Waals surface area contributed by atoms with Crippen LogP contribution in [0, 0.1) is 6.92 Å². The summed E-state index contributed by atoms with van der Waals surface area (Å²) in [5, 5.41) is 2.87. The first-order valence-corrected chi connectivity index (χ1v) is 10.3. The molecule has 1 aliphatic rings. The van der Waals surface area contributed by atoms with Crippen LogP contribution in [0.5, 0.6) is 0 Å². The van der Waals surface area contributed by atoms with Crippen molar-refractivity contribution in [2.24, 2.45) is 0 Å². The Bertz CT molecular complexity index is 1320. The number of hydrogen-bond acceptors (Lipinski definition) is 5. The van der Waals surface area contributed by atoms with Crippen molar-refractivity contribution in [3.05, 3.63) is 98.0 Å². The van der Waals surface area contributed by atoms with E-state index < -0.39 is 24.3 Å². The van der Waals surface area contributed by atoms with Crippen molar-refractivity contribution in [2.75, 3.05) is 11.9 Å². The fourth-order valence-electron chi connectivity index (χ4n) is 3.38. The highest BCUT2D eigenvalue weighted by atomic mass is 35.5. The summed E-state index contributed by atoms with van der Waals surface area (Å²) in [5.74, 6) is -2.28. The van der Waals surface area contributed by atoms with E-state index in [2.05, 4.69) is 5.32 Å². The Kier molecular flexibility index (Phi) is 5.82. The minimum Gasteiger partial charge on any atom is -0.452 e. The van der Waals surface area contributed by atoms with E-state index in [0.29, 0.717) is 10.7 Å². The molecule has 0 heterocycles. The molecule has 0 atom stereocenters. The van der Waals surface area contributed by atoms with Crippen LogP contribution in [0.1, 0.15) is 47.8 Å². The first-order valence-electron chi connectivity index (χ1n) is 9.52. The van der Waals surface area contributed by atoms with Crippen LogP contribution in [-0.2, 0) is 9.53 Å². The van der Waals surface area contributed by atoms with Crippen molar-refractivity contribution >= 4 is 52.3 Å². The molecular formula is C24H15Cl2NO5. The number of nitrogens with one attached hydrogen (secondary N) is 1. The third-order valence-corrected chi connectivity index (χ3v) is 5.84. The van der Waals surface area contributed by atoms with E-state index in [4.69, 9.17) is 27.9 Å². The van der Waals surface area contributed by atoms with E-state index in [1.807, 2.05) is 6.92 Å². The van der Waals surface area contributed by atoms with Gasteiger partial charge in [0.1, 0.15) is 0 Å². The highest BCUT2D eigenvalue weighted by Crippen LogP contribution is 2.34. The molecule has 0 bridgehead atoms. The van der Waals surface area contributed by atoms with E-state index in [0.717, 1.165) is 5.56 Å². The Hall–Kier alpha value is -3.48. The lowest BCUT2D eigenvalue weighted by molar-refractivity contribution is -0.119. The van der Waals surface area contributed by atoms with Crippen molar-refractivity contribution in [3.8, 4) is 0 Å². The molecule has 0 unspecified atom stereocenters. The molecule has 0 fully saturated rings. The molecular weight excluding hydrogens is 453 g/mol. The number of ketones is 2. The van der Waals surface area contributed by atoms with Gasteiger partial charge in [0.25, 0.3) is 5.91 Å². The minimum atomic E-state index is -0.894. The van der Waals surface area contributed by atoms with Crippen LogP contribution in [0.2, 0.25) is 10.0 Å². The van der Waals surface area contributed by atoms with Gasteiger partial charge < -0.3 is 10.1 Å². The highest BCUT2D eigenvalue weighted by molar-refractivity contribution is 6.41. The number of anilines is 1. The van der Waals surface area contributed by atoms with Crippen LogP contribution in [-0.4, -0.2) is 30.0 Å². The number of fused-ring (bicyclic) bond motifs is 2. The van der Waals surface area contributed by atoms with Gasteiger partial charge in [0.05, 0.1) is 16.1 Å². The zero-order chi connectivity index (χ0) is 23.0. The second-order valence-electron chi connectivity index (χ2n) is 7.14. The van der Waals surface area contributed by atoms with Gasteiger partial charge in [-0.1, -0.05) is 53.5 Å². The molecule has 0 saturated heterocycles. The number of hydrogen-bond donors (Lipinski definition) is 1. The Morgan fingerprint density at radius 2 is 1.59 bits per heavy atom. The van der Waals surface area contributed by atoms with Crippen molar-refractivity contribution in [1.82, 2.24) is 0 Å². The average molecular weight is 468 g/mol. The second-order valence-corrected chi connectivity index (χ2v) is 7.93. The fraction of sp³-hybridized carbons (Fsp3) is 0.0833. The molecule has 0 saturated carbocycles. The maximum Gasteiger partial charge on any atom is 0.340 e. The molecule has 1 N–H and O–H groups in total. The van der Waals surface area contributed by atoms with Gasteiger partial charge in [0, 0.05) is 27.4 Å². The Morgan fingerprint density at radius 3 is 2.28 bits per heavy atom. The Balaban J connectivity index is 1.51. The predicted molar refractivity (Wildman–Crippen MR) is 120 cm³/mol. The van der Waals surface area contributed by atoms with E-state index in [-0.39, 0.29) is 38.6 Å². The Morgan fingerprint density at radius 1 is 0.906 bits per heavy atom. The zero-order valence-corrected chi connectivity index (χ0v) is 18.2. The van der Waals surface area contributed by atoms with Gasteiger partial charge in [-0.2, -0.15) is 0 Å². The summed E-state index contributed by atoms with van der Waals surface area (Å²) in [4.78, 5) is 50.3. The Labute approximate surface area is 193 Å². The summed E-state index contributed by atoms with van der Waals surface area (Å²) in [6.45, 7) is 1.25. The van der Waals surface area contributed by atoms with Crippen LogP contribution >= 0.6 is 23.2 Å². The summed E-state index contributed by atoms with van der Waals surface area (Å²) in [6, 6.07) is 14.1. The topological polar surface area (TPSA) is 89.5 Å². The van der Waals surface area contributed by atoms with E-state index in [1.54, 1.807) is 36.4 Å². The van der Waals surface area contributed by atoms with Crippen LogP contribution < -0.4 is 5.32 Å². The average Bonchev–Trinajstić information content (AvgIpc) is 2.78. The minimum absolute atomic E-state index is 0.0523. The van der Waals surface area contributed by atoms with E-state index in [1.165, 1.54) is 18.2 Å². The SMILES string of the molecule is Cc1ccc(NC(=O)COC(=O)c2ccc3c(c2Cl)C(=O)c2ccccc2C3=O)cc1Cl. The number of rotatable bonds is 4. The highest BCUT2D eigenvalue weighted by Gasteiger charge is 2.33. The number of ether oxygens (including phenoxy) is 1. The number of carbonyl (C=O) groups excluding carboxylic acids is 4. The fourth-order valence-corrected chi connectivity index (χ4v) is 3.89. The molecule has 3 aromatic carbocycles. The van der Waals surface area contributed by atoms with Crippen molar-refractivity contribution in [1.29, 1.82) is 0 Å². The lowest BCUT2D eigenvalue weighted by Crippen LogP contribution is -2.24. The number of esters is 1. The van der Waals surface area contributed by atoms with Crippen LogP contribution in [0.25, 0.3) is 0 Å². The molecule has 0 spiro atoms. The predicted octanol–water partition coefficient (Wildman–Crippen LogP) is 4.87. The van der Waals surface area contributed by atoms with E-state index in [9.17, 15) is 19.2 Å². The maximum absolute atomic E-state index is 12.9. The maximum atomic E-state index is 12.9. The van der Waals surface area contributed by atoms with Crippen molar-refractivity contribution < 1.29 is 23.9 Å². The molecule has 1 amide bonds. The van der Waals surface area contributed by atoms with E-state index >= 15 is 0 Å². The first kappa shape index (κ1) is 21.7. The van der Waals surface area contributed by atoms with Gasteiger partial charge >= 0.3 is 5.97 Å². The second kappa shape index (κ2) is 8.57. The largest absolute Gasteiger partial charge is 0.452 e. The molecule has 32 heavy (non-hydrogen) atoms. The summed E-state index contributed by atoms with van der Waals surface area (Å²) in [5.41, 5.74) is 1.76. The summed E-state index contributed by atoms with van der Waals surface area (Å²) in [6.07, 6.45) is 0. The lowest BCUT2D eigenvalue weighted by atomic mass is 9.83. The van der Waals surface area contributed by atoms with Crippen LogP contribution in [0.15, 0.2) is 54.6 Å². The van der Waals surface area contributed by atoms with Gasteiger partial charge in [0.15, 0.2) is 18.2 Å². The van der Waals surface area contributed by atoms with Gasteiger partial charge in [-0.05, 0) is 36.8 Å². The molecule has 0 aromatic heterocycles.